The van der Waals surface area contributed by atoms with E-state index in [1.807, 2.05) is 6.92 Å². The third kappa shape index (κ3) is 3.31. The summed E-state index contributed by atoms with van der Waals surface area (Å²) in [6, 6.07) is 12.6. The van der Waals surface area contributed by atoms with Crippen molar-refractivity contribution < 1.29 is 18.7 Å². The fourth-order valence-electron chi connectivity index (χ4n) is 2.81. The minimum atomic E-state index is -0.397. The van der Waals surface area contributed by atoms with E-state index in [2.05, 4.69) is 5.32 Å². The van der Waals surface area contributed by atoms with Gasteiger partial charge in [0.15, 0.2) is 0 Å². The molecule has 0 aromatic heterocycles. The Kier molecular flexibility index (Phi) is 5.02. The molecular weight excluding hydrogens is 335 g/mol. The van der Waals surface area contributed by atoms with Gasteiger partial charge in [-0.25, -0.2) is 4.39 Å². The van der Waals surface area contributed by atoms with E-state index in [1.165, 1.54) is 29.2 Å². The van der Waals surface area contributed by atoms with Gasteiger partial charge in [0, 0.05) is 12.2 Å². The molecule has 0 saturated carbocycles. The van der Waals surface area contributed by atoms with E-state index in [9.17, 15) is 14.0 Å². The zero-order valence-electron chi connectivity index (χ0n) is 14.6. The zero-order valence-corrected chi connectivity index (χ0v) is 14.6. The van der Waals surface area contributed by atoms with Gasteiger partial charge in [-0.3, -0.25) is 14.5 Å². The molecule has 5 nitrogen and oxygen atoms in total. The smallest absolute Gasteiger partial charge is 0.278 e. The highest BCUT2D eigenvalue weighted by molar-refractivity contribution is 6.36. The van der Waals surface area contributed by atoms with Crippen LogP contribution in [-0.4, -0.2) is 29.9 Å². The first kappa shape index (κ1) is 17.7. The van der Waals surface area contributed by atoms with Crippen LogP contribution in [0.3, 0.4) is 0 Å². The van der Waals surface area contributed by atoms with E-state index < -0.39 is 5.91 Å². The Morgan fingerprint density at radius 1 is 0.962 bits per heavy atom. The monoisotopic (exact) mass is 354 g/mol. The number of amides is 2. The molecule has 0 unspecified atom stereocenters. The summed E-state index contributed by atoms with van der Waals surface area (Å²) in [7, 11) is 0. The molecule has 134 valence electrons. The number of carbonyl (C=O) groups excluding carboxylic acids is 2. The van der Waals surface area contributed by atoms with Crippen molar-refractivity contribution in [3.63, 3.8) is 0 Å². The molecule has 0 spiro atoms. The molecule has 26 heavy (non-hydrogen) atoms. The number of hydrogen-bond donors (Lipinski definition) is 1. The number of halogens is 1. The second-order valence-electron chi connectivity index (χ2n) is 5.69. The highest BCUT2D eigenvalue weighted by Gasteiger charge is 2.38. The lowest BCUT2D eigenvalue weighted by Gasteiger charge is -2.12. The molecule has 0 aliphatic carbocycles. The van der Waals surface area contributed by atoms with E-state index in [4.69, 9.17) is 4.74 Å². The average Bonchev–Trinajstić information content (AvgIpc) is 2.87. The van der Waals surface area contributed by atoms with Crippen LogP contribution < -0.4 is 10.1 Å². The molecule has 6 heteroatoms. The number of anilines is 1. The van der Waals surface area contributed by atoms with Crippen molar-refractivity contribution in [3.8, 4) is 5.75 Å². The number of benzene rings is 2. The quantitative estimate of drug-likeness (QED) is 0.808. The summed E-state index contributed by atoms with van der Waals surface area (Å²) in [6.45, 7) is 4.44. The Morgan fingerprint density at radius 3 is 2.19 bits per heavy atom. The Labute approximate surface area is 151 Å². The summed E-state index contributed by atoms with van der Waals surface area (Å²) in [6.07, 6.45) is 0. The number of ether oxygens (including phenoxy) is 1. The standard InChI is InChI=1S/C20H19FN2O3/c1-3-23-19(24)17(13-5-11-16(12-6-13)26-4-2)18(20(23)25)22-15-9-7-14(21)8-10-15/h5-12,22H,3-4H2,1-2H3. The van der Waals surface area contributed by atoms with Gasteiger partial charge in [-0.2, -0.15) is 0 Å². The van der Waals surface area contributed by atoms with Crippen LogP contribution in [0.4, 0.5) is 10.1 Å². The lowest BCUT2D eigenvalue weighted by molar-refractivity contribution is -0.136. The minimum absolute atomic E-state index is 0.188. The first-order valence-electron chi connectivity index (χ1n) is 8.41. The largest absolute Gasteiger partial charge is 0.494 e. The van der Waals surface area contributed by atoms with E-state index in [-0.39, 0.29) is 24.0 Å². The van der Waals surface area contributed by atoms with Gasteiger partial charge in [0.1, 0.15) is 17.3 Å². The van der Waals surface area contributed by atoms with Crippen molar-refractivity contribution in [2.45, 2.75) is 13.8 Å². The predicted molar refractivity (Wildman–Crippen MR) is 96.9 cm³/mol. The topological polar surface area (TPSA) is 58.6 Å². The number of nitrogens with one attached hydrogen (secondary N) is 1. The van der Waals surface area contributed by atoms with Crippen LogP contribution >= 0.6 is 0 Å². The minimum Gasteiger partial charge on any atom is -0.494 e. The van der Waals surface area contributed by atoms with Gasteiger partial charge in [-0.05, 0) is 55.8 Å². The third-order valence-electron chi connectivity index (χ3n) is 4.05. The van der Waals surface area contributed by atoms with Crippen molar-refractivity contribution in [1.29, 1.82) is 0 Å². The number of imide groups is 1. The van der Waals surface area contributed by atoms with Crippen molar-refractivity contribution in [1.82, 2.24) is 4.90 Å². The summed E-state index contributed by atoms with van der Waals surface area (Å²) in [4.78, 5) is 26.6. The summed E-state index contributed by atoms with van der Waals surface area (Å²) < 4.78 is 18.5. The summed E-state index contributed by atoms with van der Waals surface area (Å²) in [5.41, 5.74) is 1.63. The molecule has 0 atom stereocenters. The van der Waals surface area contributed by atoms with Crippen LogP contribution in [0.5, 0.6) is 5.75 Å². The maximum Gasteiger partial charge on any atom is 0.278 e. The lowest BCUT2D eigenvalue weighted by atomic mass is 10.0. The van der Waals surface area contributed by atoms with Crippen LogP contribution in [0.15, 0.2) is 54.2 Å². The second-order valence-corrected chi connectivity index (χ2v) is 5.69. The Hall–Kier alpha value is -3.15. The van der Waals surface area contributed by atoms with Crippen molar-refractivity contribution in [3.05, 3.63) is 65.6 Å². The first-order valence-corrected chi connectivity index (χ1v) is 8.41. The molecular formula is C20H19FN2O3. The molecule has 2 aromatic rings. The lowest BCUT2D eigenvalue weighted by Crippen LogP contribution is -2.32. The number of nitrogens with zero attached hydrogens (tertiary/aromatic N) is 1. The summed E-state index contributed by atoms with van der Waals surface area (Å²) in [5.74, 6) is -0.439. The van der Waals surface area contributed by atoms with Crippen LogP contribution in [0.25, 0.3) is 5.57 Å². The molecule has 1 aliphatic rings. The molecule has 2 aromatic carbocycles. The van der Waals surface area contributed by atoms with Gasteiger partial charge < -0.3 is 10.1 Å². The van der Waals surface area contributed by atoms with Gasteiger partial charge >= 0.3 is 0 Å². The van der Waals surface area contributed by atoms with Crippen molar-refractivity contribution in [2.75, 3.05) is 18.5 Å². The molecule has 0 fully saturated rings. The van der Waals surface area contributed by atoms with Crippen molar-refractivity contribution in [2.24, 2.45) is 0 Å². The molecule has 1 aliphatic heterocycles. The zero-order chi connectivity index (χ0) is 18.7. The molecule has 2 amide bonds. The molecule has 3 rings (SSSR count). The number of likely N-dealkylation sites (N-methyl/N-ethyl adjacent to an activating group) is 1. The third-order valence-corrected chi connectivity index (χ3v) is 4.05. The second kappa shape index (κ2) is 7.39. The normalized spacial score (nSPS) is 14.2. The van der Waals surface area contributed by atoms with Crippen LogP contribution in [0.1, 0.15) is 19.4 Å². The van der Waals surface area contributed by atoms with Crippen molar-refractivity contribution >= 4 is 23.1 Å². The maximum atomic E-state index is 13.1. The maximum absolute atomic E-state index is 13.1. The molecule has 1 heterocycles. The highest BCUT2D eigenvalue weighted by atomic mass is 19.1. The van der Waals surface area contributed by atoms with Gasteiger partial charge in [0.05, 0.1) is 12.2 Å². The number of hydrogen-bond acceptors (Lipinski definition) is 4. The summed E-state index contributed by atoms with van der Waals surface area (Å²) >= 11 is 0. The molecule has 0 bridgehead atoms. The average molecular weight is 354 g/mol. The van der Waals surface area contributed by atoms with Gasteiger partial charge in [-0.15, -0.1) is 0 Å². The first-order chi connectivity index (χ1) is 12.5. The van der Waals surface area contributed by atoms with Crippen LogP contribution in [0, 0.1) is 5.82 Å². The Morgan fingerprint density at radius 2 is 1.62 bits per heavy atom. The van der Waals surface area contributed by atoms with Crippen LogP contribution in [-0.2, 0) is 9.59 Å². The molecule has 0 saturated heterocycles. The van der Waals surface area contributed by atoms with E-state index >= 15 is 0 Å². The van der Waals surface area contributed by atoms with Gasteiger partial charge in [0.25, 0.3) is 11.8 Å². The van der Waals surface area contributed by atoms with E-state index in [0.717, 1.165) is 0 Å². The number of rotatable bonds is 6. The number of carbonyl (C=O) groups is 2. The fourth-order valence-corrected chi connectivity index (χ4v) is 2.81. The van der Waals surface area contributed by atoms with Gasteiger partial charge in [-0.1, -0.05) is 12.1 Å². The van der Waals surface area contributed by atoms with E-state index in [0.29, 0.717) is 29.2 Å². The highest BCUT2D eigenvalue weighted by Crippen LogP contribution is 2.31. The summed E-state index contributed by atoms with van der Waals surface area (Å²) in [5, 5.41) is 2.97. The Bertz CT molecular complexity index is 858. The fraction of sp³-hybridized carbons (Fsp3) is 0.200. The van der Waals surface area contributed by atoms with Gasteiger partial charge in [0.2, 0.25) is 0 Å². The van der Waals surface area contributed by atoms with E-state index in [1.54, 1.807) is 31.2 Å². The predicted octanol–water partition coefficient (Wildman–Crippen LogP) is 3.44. The molecule has 0 radical (unpaired) electrons. The SMILES string of the molecule is CCOc1ccc(C2=C(Nc3ccc(F)cc3)C(=O)N(CC)C2=O)cc1. The van der Waals surface area contributed by atoms with Crippen LogP contribution in [0.2, 0.25) is 0 Å². The molecule has 1 N–H and O–H groups in total. The Balaban J connectivity index is 2.02.